The van der Waals surface area contributed by atoms with E-state index in [1.807, 2.05) is 26.1 Å². The zero-order valence-corrected chi connectivity index (χ0v) is 16.9. The van der Waals surface area contributed by atoms with Gasteiger partial charge in [0.2, 0.25) is 0 Å². The fourth-order valence-corrected chi connectivity index (χ4v) is 3.67. The van der Waals surface area contributed by atoms with Crippen LogP contribution in [-0.4, -0.2) is 20.3 Å². The van der Waals surface area contributed by atoms with Crippen LogP contribution < -0.4 is 0 Å². The van der Waals surface area contributed by atoms with Gasteiger partial charge in [-0.25, -0.2) is 4.98 Å². The Morgan fingerprint density at radius 1 is 1.00 bits per heavy atom. The van der Waals surface area contributed by atoms with Crippen LogP contribution in [0.15, 0.2) is 67.0 Å². The number of imidazole rings is 1. The number of aromatic nitrogens is 3. The Bertz CT molecular complexity index is 1130. The van der Waals surface area contributed by atoms with Crippen molar-refractivity contribution in [2.75, 3.05) is 0 Å². The summed E-state index contributed by atoms with van der Waals surface area (Å²) >= 11 is 0. The molecular weight excluding hydrogens is 358 g/mol. The van der Waals surface area contributed by atoms with E-state index in [0.717, 1.165) is 35.3 Å². The number of hydrogen-bond donors (Lipinski definition) is 0. The van der Waals surface area contributed by atoms with Crippen LogP contribution in [0, 0.1) is 6.92 Å². The Morgan fingerprint density at radius 2 is 1.79 bits per heavy atom. The monoisotopic (exact) mass is 383 g/mol. The fourth-order valence-electron chi connectivity index (χ4n) is 3.67. The Morgan fingerprint density at radius 3 is 2.55 bits per heavy atom. The molecule has 2 aromatic carbocycles. The Labute approximate surface area is 171 Å². The largest absolute Gasteiger partial charge is 0.331 e. The minimum Gasteiger partial charge on any atom is -0.331 e. The first-order valence-electron chi connectivity index (χ1n) is 10.0. The second-order valence-corrected chi connectivity index (χ2v) is 7.55. The third-order valence-electron chi connectivity index (χ3n) is 5.44. The molecule has 0 N–H and O–H groups in total. The van der Waals surface area contributed by atoms with Crippen molar-refractivity contribution in [2.24, 2.45) is 7.05 Å². The number of aryl methyl sites for hydroxylation is 3. The van der Waals surface area contributed by atoms with E-state index in [9.17, 15) is 4.79 Å². The molecule has 4 nitrogen and oxygen atoms in total. The topological polar surface area (TPSA) is 47.8 Å². The molecule has 0 aliphatic carbocycles. The normalized spacial score (nSPS) is 11.1. The summed E-state index contributed by atoms with van der Waals surface area (Å²) in [7, 11) is 2.04. The molecular formula is C25H25N3O. The van der Waals surface area contributed by atoms with Crippen molar-refractivity contribution in [1.82, 2.24) is 14.5 Å². The summed E-state index contributed by atoms with van der Waals surface area (Å²) in [5, 5.41) is 0. The van der Waals surface area contributed by atoms with Crippen molar-refractivity contribution >= 4 is 16.8 Å². The Balaban J connectivity index is 1.35. The molecule has 0 saturated carbocycles. The summed E-state index contributed by atoms with van der Waals surface area (Å²) in [6, 6.07) is 18.9. The van der Waals surface area contributed by atoms with Crippen LogP contribution in [0.5, 0.6) is 0 Å². The summed E-state index contributed by atoms with van der Waals surface area (Å²) < 4.78 is 2.11. The lowest BCUT2D eigenvalue weighted by molar-refractivity contribution is -0.118. The molecule has 146 valence electrons. The second-order valence-electron chi connectivity index (χ2n) is 7.55. The molecule has 0 aliphatic heterocycles. The fraction of sp³-hybridized carbons (Fsp3) is 0.240. The van der Waals surface area contributed by atoms with Crippen LogP contribution in [0.2, 0.25) is 0 Å². The molecule has 0 radical (unpaired) electrons. The number of hydrogen-bond acceptors (Lipinski definition) is 3. The first-order valence-corrected chi connectivity index (χ1v) is 10.0. The highest BCUT2D eigenvalue weighted by molar-refractivity contribution is 5.82. The number of carbonyl (C=O) groups is 1. The SMILES string of the molecule is Cc1nc2cc(-c3ccc(CCCC(=O)Cc4cccnc4)cc3)ccc2n1C. The maximum absolute atomic E-state index is 12.1. The highest BCUT2D eigenvalue weighted by Crippen LogP contribution is 2.25. The van der Waals surface area contributed by atoms with Crippen LogP contribution in [0.3, 0.4) is 0 Å². The zero-order chi connectivity index (χ0) is 20.2. The van der Waals surface area contributed by atoms with Gasteiger partial charge in [-0.2, -0.15) is 0 Å². The predicted molar refractivity (Wildman–Crippen MR) is 117 cm³/mol. The maximum Gasteiger partial charge on any atom is 0.137 e. The number of Topliss-reactive ketones (excluding diaryl/α,β-unsaturated/α-hetero) is 1. The van der Waals surface area contributed by atoms with Gasteiger partial charge in [-0.1, -0.05) is 36.4 Å². The number of pyridine rings is 1. The van der Waals surface area contributed by atoms with Gasteiger partial charge < -0.3 is 4.57 Å². The van der Waals surface area contributed by atoms with E-state index in [1.54, 1.807) is 12.4 Å². The number of benzene rings is 2. The van der Waals surface area contributed by atoms with Crippen molar-refractivity contribution in [3.63, 3.8) is 0 Å². The highest BCUT2D eigenvalue weighted by atomic mass is 16.1. The smallest absolute Gasteiger partial charge is 0.137 e. The van der Waals surface area contributed by atoms with Crippen LogP contribution in [0.25, 0.3) is 22.2 Å². The number of ketones is 1. The van der Waals surface area contributed by atoms with E-state index < -0.39 is 0 Å². The molecule has 2 heterocycles. The average molecular weight is 383 g/mol. The van der Waals surface area contributed by atoms with E-state index in [2.05, 4.69) is 57.0 Å². The van der Waals surface area contributed by atoms with Gasteiger partial charge in [-0.3, -0.25) is 9.78 Å². The molecule has 0 atom stereocenters. The Kier molecular flexibility index (Phi) is 5.52. The molecule has 0 spiro atoms. The molecule has 0 aliphatic rings. The lowest BCUT2D eigenvalue weighted by atomic mass is 10.00. The molecule has 2 aromatic heterocycles. The van der Waals surface area contributed by atoms with Crippen molar-refractivity contribution in [2.45, 2.75) is 32.6 Å². The minimum absolute atomic E-state index is 0.272. The van der Waals surface area contributed by atoms with Gasteiger partial charge >= 0.3 is 0 Å². The van der Waals surface area contributed by atoms with Gasteiger partial charge in [-0.05, 0) is 60.2 Å². The van der Waals surface area contributed by atoms with Crippen molar-refractivity contribution in [1.29, 1.82) is 0 Å². The molecule has 4 aromatic rings. The molecule has 4 heteroatoms. The second kappa shape index (κ2) is 8.39. The molecule has 0 fully saturated rings. The lowest BCUT2D eigenvalue weighted by Gasteiger charge is -2.06. The first kappa shape index (κ1) is 19.1. The van der Waals surface area contributed by atoms with E-state index in [-0.39, 0.29) is 5.78 Å². The quantitative estimate of drug-likeness (QED) is 0.447. The van der Waals surface area contributed by atoms with Crippen LogP contribution in [0.1, 0.15) is 29.8 Å². The van der Waals surface area contributed by atoms with Gasteiger partial charge in [0.15, 0.2) is 0 Å². The van der Waals surface area contributed by atoms with Crippen LogP contribution in [-0.2, 0) is 24.7 Å². The molecule has 0 amide bonds. The third-order valence-corrected chi connectivity index (χ3v) is 5.44. The van der Waals surface area contributed by atoms with Gasteiger partial charge in [0.05, 0.1) is 11.0 Å². The van der Waals surface area contributed by atoms with Crippen LogP contribution >= 0.6 is 0 Å². The van der Waals surface area contributed by atoms with Gasteiger partial charge in [0.1, 0.15) is 11.6 Å². The summed E-state index contributed by atoms with van der Waals surface area (Å²) in [4.78, 5) is 20.8. The summed E-state index contributed by atoms with van der Waals surface area (Å²) in [6.07, 6.45) is 6.36. The summed E-state index contributed by atoms with van der Waals surface area (Å²) in [6.45, 7) is 2.02. The standard InChI is InChI=1S/C25H25N3O/c1-18-27-24-16-22(12-13-25(24)28(18)2)21-10-8-19(9-11-21)5-3-7-23(29)15-20-6-4-14-26-17-20/h4,6,8-14,16-17H,3,5,7,15H2,1-2H3. The summed E-state index contributed by atoms with van der Waals surface area (Å²) in [5.74, 6) is 1.29. The van der Waals surface area contributed by atoms with Crippen molar-refractivity contribution in [3.05, 3.63) is 83.9 Å². The maximum atomic E-state index is 12.1. The molecule has 0 unspecified atom stereocenters. The highest BCUT2D eigenvalue weighted by Gasteiger charge is 2.07. The van der Waals surface area contributed by atoms with E-state index in [1.165, 1.54) is 16.7 Å². The van der Waals surface area contributed by atoms with Crippen molar-refractivity contribution in [3.8, 4) is 11.1 Å². The minimum atomic E-state index is 0.272. The van der Waals surface area contributed by atoms with E-state index in [0.29, 0.717) is 12.8 Å². The van der Waals surface area contributed by atoms with Crippen molar-refractivity contribution < 1.29 is 4.79 Å². The first-order chi connectivity index (χ1) is 14.1. The number of fused-ring (bicyclic) bond motifs is 1. The predicted octanol–water partition coefficient (Wildman–Crippen LogP) is 5.08. The van der Waals surface area contributed by atoms with E-state index in [4.69, 9.17) is 0 Å². The number of nitrogens with zero attached hydrogens (tertiary/aromatic N) is 3. The zero-order valence-electron chi connectivity index (χ0n) is 16.9. The number of rotatable bonds is 7. The average Bonchev–Trinajstić information content (AvgIpc) is 3.02. The molecule has 4 rings (SSSR count). The van der Waals surface area contributed by atoms with Gasteiger partial charge in [-0.15, -0.1) is 0 Å². The van der Waals surface area contributed by atoms with Crippen LogP contribution in [0.4, 0.5) is 0 Å². The van der Waals surface area contributed by atoms with Gasteiger partial charge in [0, 0.05) is 32.3 Å². The Hall–Kier alpha value is -3.27. The molecule has 0 saturated heterocycles. The lowest BCUT2D eigenvalue weighted by Crippen LogP contribution is -2.03. The van der Waals surface area contributed by atoms with Gasteiger partial charge in [0.25, 0.3) is 0 Å². The molecule has 29 heavy (non-hydrogen) atoms. The van der Waals surface area contributed by atoms with E-state index >= 15 is 0 Å². The number of carbonyl (C=O) groups excluding carboxylic acids is 1. The summed E-state index contributed by atoms with van der Waals surface area (Å²) in [5.41, 5.74) is 6.79. The molecule has 0 bridgehead atoms. The third kappa shape index (κ3) is 4.43.